The maximum atomic E-state index is 12.0. The number of carbonyl (C=O) groups is 1. The Hall–Kier alpha value is -1.40. The van der Waals surface area contributed by atoms with Crippen molar-refractivity contribution < 1.29 is 13.2 Å². The second kappa shape index (κ2) is 9.67. The van der Waals surface area contributed by atoms with E-state index in [0.29, 0.717) is 19.4 Å². The van der Waals surface area contributed by atoms with Gasteiger partial charge in [0.25, 0.3) is 0 Å². The molecule has 0 heterocycles. The van der Waals surface area contributed by atoms with Crippen LogP contribution >= 0.6 is 0 Å². The molecule has 1 rings (SSSR count). The van der Waals surface area contributed by atoms with E-state index < -0.39 is 10.0 Å². The van der Waals surface area contributed by atoms with Crippen molar-refractivity contribution in [3.05, 3.63) is 29.8 Å². The molecule has 130 valence electrons. The van der Waals surface area contributed by atoms with E-state index in [0.717, 1.165) is 24.8 Å². The Kier molecular flexibility index (Phi) is 8.26. The molecule has 0 aliphatic heterocycles. The minimum Gasteiger partial charge on any atom is -0.354 e. The van der Waals surface area contributed by atoms with Gasteiger partial charge in [0.2, 0.25) is 15.9 Å². The van der Waals surface area contributed by atoms with E-state index in [4.69, 9.17) is 0 Å². The predicted octanol–water partition coefficient (Wildman–Crippen LogP) is 2.61. The van der Waals surface area contributed by atoms with Crippen molar-refractivity contribution in [1.82, 2.24) is 10.0 Å². The molecule has 0 bridgehead atoms. The summed E-state index contributed by atoms with van der Waals surface area (Å²) in [6, 6.07) is 6.91. The number of benzene rings is 1. The lowest BCUT2D eigenvalue weighted by Gasteiger charge is -2.12. The molecule has 0 unspecified atom stereocenters. The number of nitrogens with one attached hydrogen (secondary N) is 2. The van der Waals surface area contributed by atoms with Crippen LogP contribution < -0.4 is 10.0 Å². The van der Waals surface area contributed by atoms with Gasteiger partial charge in [0, 0.05) is 19.0 Å². The molecule has 0 spiro atoms. The van der Waals surface area contributed by atoms with Crippen molar-refractivity contribution in [2.45, 2.75) is 63.8 Å². The van der Waals surface area contributed by atoms with Crippen LogP contribution in [0.4, 0.5) is 0 Å². The summed E-state index contributed by atoms with van der Waals surface area (Å²) in [6.07, 6.45) is 3.79. The molecule has 0 saturated carbocycles. The monoisotopic (exact) mass is 340 g/mol. The second-order valence-electron chi connectivity index (χ2n) is 5.80. The molecule has 23 heavy (non-hydrogen) atoms. The van der Waals surface area contributed by atoms with Crippen LogP contribution in [0.3, 0.4) is 0 Å². The number of amides is 1. The van der Waals surface area contributed by atoms with Crippen LogP contribution in [0.5, 0.6) is 0 Å². The number of carbonyl (C=O) groups excluding carboxylic acids is 1. The largest absolute Gasteiger partial charge is 0.354 e. The van der Waals surface area contributed by atoms with Gasteiger partial charge in [-0.25, -0.2) is 13.1 Å². The van der Waals surface area contributed by atoms with Gasteiger partial charge in [0.1, 0.15) is 0 Å². The molecule has 1 aromatic rings. The molecule has 0 aromatic heterocycles. The maximum absolute atomic E-state index is 12.0. The smallest absolute Gasteiger partial charge is 0.240 e. The molecule has 5 nitrogen and oxygen atoms in total. The van der Waals surface area contributed by atoms with Crippen molar-refractivity contribution in [3.8, 4) is 0 Å². The van der Waals surface area contributed by atoms with Gasteiger partial charge in [-0.1, -0.05) is 32.4 Å². The Morgan fingerprint density at radius 3 is 2.35 bits per heavy atom. The van der Waals surface area contributed by atoms with Crippen LogP contribution in [0.15, 0.2) is 29.2 Å². The van der Waals surface area contributed by atoms with Gasteiger partial charge < -0.3 is 5.32 Å². The summed E-state index contributed by atoms with van der Waals surface area (Å²) in [7, 11) is -3.42. The lowest BCUT2D eigenvalue weighted by atomic mass is 10.1. The van der Waals surface area contributed by atoms with E-state index in [1.807, 2.05) is 13.8 Å². The van der Waals surface area contributed by atoms with Gasteiger partial charge >= 0.3 is 0 Å². The normalized spacial score (nSPS) is 12.8. The summed E-state index contributed by atoms with van der Waals surface area (Å²) in [6.45, 7) is 6.44. The molecule has 2 N–H and O–H groups in total. The highest BCUT2D eigenvalue weighted by Crippen LogP contribution is 2.12. The Labute approximate surface area is 139 Å². The van der Waals surface area contributed by atoms with Gasteiger partial charge in [0.15, 0.2) is 0 Å². The molecule has 0 radical (unpaired) electrons. The summed E-state index contributed by atoms with van der Waals surface area (Å²) in [5.41, 5.74) is 0.956. The summed E-state index contributed by atoms with van der Waals surface area (Å²) in [5, 5.41) is 2.97. The zero-order valence-electron chi connectivity index (χ0n) is 14.3. The Morgan fingerprint density at radius 2 is 1.78 bits per heavy atom. The van der Waals surface area contributed by atoms with Gasteiger partial charge in [-0.05, 0) is 43.9 Å². The summed E-state index contributed by atoms with van der Waals surface area (Å²) in [5.74, 6) is 0.0345. The van der Waals surface area contributed by atoms with Crippen molar-refractivity contribution in [2.75, 3.05) is 6.54 Å². The minimum atomic E-state index is -3.42. The molecule has 0 saturated heterocycles. The van der Waals surface area contributed by atoms with E-state index in [1.54, 1.807) is 24.3 Å². The predicted molar refractivity (Wildman–Crippen MR) is 92.8 cm³/mol. The number of hydrogen-bond donors (Lipinski definition) is 2. The van der Waals surface area contributed by atoms with E-state index in [2.05, 4.69) is 17.0 Å². The molecule has 0 aliphatic carbocycles. The Morgan fingerprint density at radius 1 is 1.13 bits per heavy atom. The first-order chi connectivity index (χ1) is 10.9. The average Bonchev–Trinajstić information content (AvgIpc) is 2.51. The van der Waals surface area contributed by atoms with E-state index in [-0.39, 0.29) is 16.8 Å². The number of sulfonamides is 1. The fourth-order valence-electron chi connectivity index (χ4n) is 2.27. The molecule has 0 fully saturated rings. The number of aryl methyl sites for hydroxylation is 1. The fourth-order valence-corrected chi connectivity index (χ4v) is 3.40. The molecular weight excluding hydrogens is 312 g/mol. The van der Waals surface area contributed by atoms with Gasteiger partial charge in [-0.3, -0.25) is 4.79 Å². The van der Waals surface area contributed by atoms with Crippen LogP contribution in [0.2, 0.25) is 0 Å². The summed E-state index contributed by atoms with van der Waals surface area (Å²) < 4.78 is 26.5. The first kappa shape index (κ1) is 19.6. The average molecular weight is 340 g/mol. The molecule has 6 heteroatoms. The zero-order chi connectivity index (χ0) is 17.3. The molecule has 1 aromatic carbocycles. The van der Waals surface area contributed by atoms with Crippen LogP contribution in [0.25, 0.3) is 0 Å². The fraction of sp³-hybridized carbons (Fsp3) is 0.588. The lowest BCUT2D eigenvalue weighted by molar-refractivity contribution is -0.121. The standard InChI is InChI=1S/C17H28N2O3S/c1-4-6-14(3)19-17(20)12-9-15-7-10-16(11-8-15)23(21,22)18-13-5-2/h7-8,10-11,14,18H,4-6,9,12-13H2,1-3H3,(H,19,20)/t14-/m1/s1. The third-order valence-electron chi connectivity index (χ3n) is 3.55. The second-order valence-corrected chi connectivity index (χ2v) is 7.57. The summed E-state index contributed by atoms with van der Waals surface area (Å²) in [4.78, 5) is 12.1. The van der Waals surface area contributed by atoms with Crippen LogP contribution in [0.1, 0.15) is 52.0 Å². The lowest BCUT2D eigenvalue weighted by Crippen LogP contribution is -2.32. The van der Waals surface area contributed by atoms with Crippen molar-refractivity contribution in [3.63, 3.8) is 0 Å². The zero-order valence-corrected chi connectivity index (χ0v) is 15.1. The molecule has 0 aliphatic rings. The molecular formula is C17H28N2O3S. The third kappa shape index (κ3) is 7.14. The van der Waals surface area contributed by atoms with Crippen LogP contribution in [0, 0.1) is 0 Å². The topological polar surface area (TPSA) is 75.3 Å². The van der Waals surface area contributed by atoms with Crippen molar-refractivity contribution >= 4 is 15.9 Å². The van der Waals surface area contributed by atoms with Crippen molar-refractivity contribution in [1.29, 1.82) is 0 Å². The highest BCUT2D eigenvalue weighted by Gasteiger charge is 2.13. The maximum Gasteiger partial charge on any atom is 0.240 e. The van der Waals surface area contributed by atoms with Crippen molar-refractivity contribution in [2.24, 2.45) is 0 Å². The minimum absolute atomic E-state index is 0.0345. The quantitative estimate of drug-likeness (QED) is 0.687. The summed E-state index contributed by atoms with van der Waals surface area (Å²) >= 11 is 0. The molecule has 1 atom stereocenters. The first-order valence-electron chi connectivity index (χ1n) is 8.27. The number of rotatable bonds is 10. The van der Waals surface area contributed by atoms with Gasteiger partial charge in [-0.15, -0.1) is 0 Å². The van der Waals surface area contributed by atoms with E-state index >= 15 is 0 Å². The van der Waals surface area contributed by atoms with Gasteiger partial charge in [-0.2, -0.15) is 0 Å². The van der Waals surface area contributed by atoms with Crippen LogP contribution in [-0.2, 0) is 21.2 Å². The number of hydrogen-bond acceptors (Lipinski definition) is 3. The highest BCUT2D eigenvalue weighted by molar-refractivity contribution is 7.89. The first-order valence-corrected chi connectivity index (χ1v) is 9.75. The Balaban J connectivity index is 2.53. The highest BCUT2D eigenvalue weighted by atomic mass is 32.2. The van der Waals surface area contributed by atoms with Crippen LogP contribution in [-0.4, -0.2) is 26.9 Å². The van der Waals surface area contributed by atoms with E-state index in [1.165, 1.54) is 0 Å². The van der Waals surface area contributed by atoms with E-state index in [9.17, 15) is 13.2 Å². The third-order valence-corrected chi connectivity index (χ3v) is 5.02. The van der Waals surface area contributed by atoms with Gasteiger partial charge in [0.05, 0.1) is 4.90 Å². The SMILES string of the molecule is CCCNS(=O)(=O)c1ccc(CCC(=O)N[C@H](C)CCC)cc1. The molecule has 1 amide bonds. The Bertz CT molecular complexity index is 582.